The molecule has 0 atom stereocenters. The first-order valence-electron chi connectivity index (χ1n) is 10.1. The molecule has 9 heteroatoms. The summed E-state index contributed by atoms with van der Waals surface area (Å²) in [6, 6.07) is 13.8. The van der Waals surface area contributed by atoms with E-state index in [4.69, 9.17) is 4.74 Å². The summed E-state index contributed by atoms with van der Waals surface area (Å²) in [5, 5.41) is 7.30. The van der Waals surface area contributed by atoms with Crippen molar-refractivity contribution in [2.45, 2.75) is 20.0 Å². The summed E-state index contributed by atoms with van der Waals surface area (Å²) in [6.07, 6.45) is 2.82. The minimum Gasteiger partial charge on any atom is -0.484 e. The van der Waals surface area contributed by atoms with Crippen molar-refractivity contribution >= 4 is 16.9 Å². The number of nitrogens with zero attached hydrogens (tertiary/aromatic N) is 4. The van der Waals surface area contributed by atoms with Crippen LogP contribution in [0.2, 0.25) is 0 Å². The van der Waals surface area contributed by atoms with E-state index in [1.807, 2.05) is 31.2 Å². The number of halogens is 1. The van der Waals surface area contributed by atoms with Gasteiger partial charge in [-0.3, -0.25) is 14.2 Å². The second kappa shape index (κ2) is 9.42. The van der Waals surface area contributed by atoms with Gasteiger partial charge in [-0.1, -0.05) is 36.4 Å². The Labute approximate surface area is 183 Å². The average molecular weight is 435 g/mol. The zero-order chi connectivity index (χ0) is 22.5. The maximum Gasteiger partial charge on any atom is 0.264 e. The number of hydrogen-bond acceptors (Lipinski definition) is 5. The summed E-state index contributed by atoms with van der Waals surface area (Å²) in [6.45, 7) is 2.53. The van der Waals surface area contributed by atoms with Crippen LogP contribution in [0.4, 0.5) is 4.39 Å². The van der Waals surface area contributed by atoms with Gasteiger partial charge in [-0.2, -0.15) is 5.10 Å². The highest BCUT2D eigenvalue weighted by atomic mass is 19.1. The van der Waals surface area contributed by atoms with Crippen molar-refractivity contribution in [3.05, 3.63) is 88.4 Å². The van der Waals surface area contributed by atoms with Crippen LogP contribution >= 0.6 is 0 Å². The minimum absolute atomic E-state index is 0.0799. The van der Waals surface area contributed by atoms with E-state index in [-0.39, 0.29) is 30.4 Å². The lowest BCUT2D eigenvalue weighted by atomic mass is 10.2. The Hall–Kier alpha value is -4.01. The van der Waals surface area contributed by atoms with E-state index in [0.717, 1.165) is 5.56 Å². The fraction of sp³-hybridized carbons (Fsp3) is 0.217. The van der Waals surface area contributed by atoms with E-state index in [0.29, 0.717) is 35.4 Å². The third-order valence-corrected chi connectivity index (χ3v) is 5.02. The van der Waals surface area contributed by atoms with Crippen LogP contribution in [0.3, 0.4) is 0 Å². The summed E-state index contributed by atoms with van der Waals surface area (Å²) >= 11 is 0. The topological polar surface area (TPSA) is 91.0 Å². The first kappa shape index (κ1) is 21.2. The van der Waals surface area contributed by atoms with Gasteiger partial charge in [-0.15, -0.1) is 0 Å². The molecule has 164 valence electrons. The number of benzene rings is 2. The number of fused-ring (bicyclic) bond motifs is 1. The quantitative estimate of drug-likeness (QED) is 0.459. The second-order valence-electron chi connectivity index (χ2n) is 7.28. The third-order valence-electron chi connectivity index (χ3n) is 5.02. The van der Waals surface area contributed by atoms with Gasteiger partial charge in [-0.05, 0) is 24.6 Å². The Morgan fingerprint density at radius 2 is 1.94 bits per heavy atom. The number of para-hydroxylation sites is 1. The number of hydrogen-bond donors (Lipinski definition) is 1. The Morgan fingerprint density at radius 1 is 1.16 bits per heavy atom. The molecule has 0 saturated carbocycles. The molecule has 0 aliphatic rings. The lowest BCUT2D eigenvalue weighted by Crippen LogP contribution is -2.32. The molecular formula is C23H22FN5O3. The van der Waals surface area contributed by atoms with Gasteiger partial charge >= 0.3 is 0 Å². The molecule has 32 heavy (non-hydrogen) atoms. The molecule has 1 N–H and O–H groups in total. The zero-order valence-electron chi connectivity index (χ0n) is 17.5. The number of aromatic nitrogens is 4. The van der Waals surface area contributed by atoms with Crippen molar-refractivity contribution in [1.82, 2.24) is 24.6 Å². The maximum atomic E-state index is 13.9. The molecule has 0 saturated heterocycles. The van der Waals surface area contributed by atoms with E-state index in [9.17, 15) is 14.0 Å². The number of aryl methyl sites for hydroxylation is 1. The predicted octanol–water partition coefficient (Wildman–Crippen LogP) is 2.28. The predicted molar refractivity (Wildman–Crippen MR) is 117 cm³/mol. The van der Waals surface area contributed by atoms with Crippen molar-refractivity contribution in [2.24, 2.45) is 0 Å². The lowest BCUT2D eigenvalue weighted by Gasteiger charge is -2.10. The number of rotatable bonds is 8. The van der Waals surface area contributed by atoms with Crippen LogP contribution in [0.1, 0.15) is 11.1 Å². The molecule has 1 amide bonds. The van der Waals surface area contributed by atoms with Gasteiger partial charge in [0.2, 0.25) is 0 Å². The lowest BCUT2D eigenvalue weighted by molar-refractivity contribution is -0.123. The fourth-order valence-electron chi connectivity index (χ4n) is 3.30. The van der Waals surface area contributed by atoms with Crippen LogP contribution in [-0.2, 0) is 17.9 Å². The molecule has 0 aliphatic heterocycles. The van der Waals surface area contributed by atoms with Crippen molar-refractivity contribution in [3.8, 4) is 5.75 Å². The van der Waals surface area contributed by atoms with E-state index in [1.54, 1.807) is 22.9 Å². The highest BCUT2D eigenvalue weighted by Crippen LogP contribution is 2.15. The maximum absolute atomic E-state index is 13.9. The molecule has 0 fully saturated rings. The number of carbonyl (C=O) groups is 1. The molecule has 2 aromatic carbocycles. The van der Waals surface area contributed by atoms with Gasteiger partial charge in [0, 0.05) is 12.1 Å². The van der Waals surface area contributed by atoms with Crippen molar-refractivity contribution in [3.63, 3.8) is 0 Å². The number of amides is 1. The van der Waals surface area contributed by atoms with E-state index < -0.39 is 0 Å². The molecule has 8 nitrogen and oxygen atoms in total. The third kappa shape index (κ3) is 4.66. The van der Waals surface area contributed by atoms with Gasteiger partial charge < -0.3 is 10.1 Å². The summed E-state index contributed by atoms with van der Waals surface area (Å²) in [7, 11) is 0. The van der Waals surface area contributed by atoms with Crippen LogP contribution in [-0.4, -0.2) is 38.4 Å². The Kier molecular flexibility index (Phi) is 6.25. The molecule has 4 rings (SSSR count). The molecular weight excluding hydrogens is 413 g/mol. The normalized spacial score (nSPS) is 10.9. The fourth-order valence-corrected chi connectivity index (χ4v) is 3.30. The molecule has 0 bridgehead atoms. The van der Waals surface area contributed by atoms with Gasteiger partial charge in [0.15, 0.2) is 12.3 Å². The van der Waals surface area contributed by atoms with Crippen LogP contribution in [0.25, 0.3) is 11.0 Å². The van der Waals surface area contributed by atoms with E-state index >= 15 is 0 Å². The summed E-state index contributed by atoms with van der Waals surface area (Å²) in [4.78, 5) is 29.1. The smallest absolute Gasteiger partial charge is 0.264 e. The minimum atomic E-state index is -0.377. The first-order valence-corrected chi connectivity index (χ1v) is 10.1. The van der Waals surface area contributed by atoms with E-state index in [2.05, 4.69) is 15.4 Å². The van der Waals surface area contributed by atoms with Crippen LogP contribution in [0.15, 0.2) is 65.8 Å². The van der Waals surface area contributed by atoms with Crippen LogP contribution < -0.4 is 15.6 Å². The Balaban J connectivity index is 1.36. The number of nitrogens with one attached hydrogen (secondary N) is 1. The van der Waals surface area contributed by atoms with Gasteiger partial charge in [0.25, 0.3) is 11.5 Å². The SMILES string of the molecule is Cc1ccccc1OCC(=O)NCCn1ncc2c(=O)n(Cc3ccccc3F)cnc21. The van der Waals surface area contributed by atoms with Crippen LogP contribution in [0, 0.1) is 12.7 Å². The molecule has 0 unspecified atom stereocenters. The standard InChI is InChI=1S/C23H22FN5O3/c1-16-6-2-5-9-20(16)32-14-21(30)25-10-11-29-22-18(12-27-29)23(31)28(15-26-22)13-17-7-3-4-8-19(17)24/h2-9,12,15H,10-11,13-14H2,1H3,(H,25,30). The summed E-state index contributed by atoms with van der Waals surface area (Å²) in [5.74, 6) is 0.0267. The zero-order valence-corrected chi connectivity index (χ0v) is 17.5. The highest BCUT2D eigenvalue weighted by Gasteiger charge is 2.12. The monoisotopic (exact) mass is 435 g/mol. The number of carbonyl (C=O) groups excluding carboxylic acids is 1. The molecule has 2 heterocycles. The molecule has 2 aromatic heterocycles. The van der Waals surface area contributed by atoms with E-state index in [1.165, 1.54) is 23.2 Å². The molecule has 0 spiro atoms. The molecule has 4 aromatic rings. The highest BCUT2D eigenvalue weighted by molar-refractivity contribution is 5.77. The summed E-state index contributed by atoms with van der Waals surface area (Å²) < 4.78 is 22.3. The van der Waals surface area contributed by atoms with Gasteiger partial charge in [0.05, 0.1) is 19.3 Å². The van der Waals surface area contributed by atoms with Crippen molar-refractivity contribution in [2.75, 3.05) is 13.2 Å². The molecule has 0 aliphatic carbocycles. The van der Waals surface area contributed by atoms with Crippen molar-refractivity contribution in [1.29, 1.82) is 0 Å². The summed E-state index contributed by atoms with van der Waals surface area (Å²) in [5.41, 5.74) is 1.46. The van der Waals surface area contributed by atoms with Crippen molar-refractivity contribution < 1.29 is 13.9 Å². The number of ether oxygens (including phenoxy) is 1. The van der Waals surface area contributed by atoms with Gasteiger partial charge in [0.1, 0.15) is 23.3 Å². The first-order chi connectivity index (χ1) is 15.5. The molecule has 0 radical (unpaired) electrons. The average Bonchev–Trinajstić information content (AvgIpc) is 3.20. The van der Waals surface area contributed by atoms with Crippen LogP contribution in [0.5, 0.6) is 5.75 Å². The Morgan fingerprint density at radius 3 is 2.75 bits per heavy atom. The Bertz CT molecular complexity index is 1310. The van der Waals surface area contributed by atoms with Gasteiger partial charge in [-0.25, -0.2) is 14.1 Å². The second-order valence-corrected chi connectivity index (χ2v) is 7.28. The largest absolute Gasteiger partial charge is 0.484 e.